The minimum atomic E-state index is -0.0184. The van der Waals surface area contributed by atoms with Crippen LogP contribution in [-0.4, -0.2) is 27.7 Å². The van der Waals surface area contributed by atoms with Gasteiger partial charge in [0.1, 0.15) is 0 Å². The van der Waals surface area contributed by atoms with Crippen molar-refractivity contribution in [2.24, 2.45) is 0 Å². The number of aromatic nitrogens is 3. The minimum Gasteiger partial charge on any atom is -0.378 e. The number of benzene rings is 1. The predicted octanol–water partition coefficient (Wildman–Crippen LogP) is 3.82. The number of allylic oxidation sites excluding steroid dienone is 1. The smallest absolute Gasteiger partial charge is 0.152 e. The monoisotopic (exact) mass is 341 g/mol. The van der Waals surface area contributed by atoms with Gasteiger partial charge >= 0.3 is 0 Å². The molecule has 3 aromatic rings. The first-order valence-corrected chi connectivity index (χ1v) is 7.77. The average molecular weight is 342 g/mol. The van der Waals surface area contributed by atoms with Crippen molar-refractivity contribution in [3.63, 3.8) is 0 Å². The Balaban J connectivity index is 2.17. The van der Waals surface area contributed by atoms with Crippen LogP contribution in [-0.2, 0) is 16.1 Å². The summed E-state index contributed by atoms with van der Waals surface area (Å²) in [6.45, 7) is 1.88. The Morgan fingerprint density at radius 2 is 2.21 bits per heavy atom. The molecule has 0 bridgehead atoms. The highest BCUT2D eigenvalue weighted by molar-refractivity contribution is 6.31. The summed E-state index contributed by atoms with van der Waals surface area (Å²) in [4.78, 5) is 15.6. The second-order valence-corrected chi connectivity index (χ2v) is 5.76. The number of nitrogens with zero attached hydrogens (tertiary/aromatic N) is 3. The number of carbonyl (C=O) groups is 1. The van der Waals surface area contributed by atoms with E-state index in [-0.39, 0.29) is 5.78 Å². The molecule has 0 unspecified atom stereocenters. The summed E-state index contributed by atoms with van der Waals surface area (Å²) < 4.78 is 7.12. The van der Waals surface area contributed by atoms with E-state index in [4.69, 9.17) is 16.3 Å². The van der Waals surface area contributed by atoms with Gasteiger partial charge in [-0.3, -0.25) is 9.78 Å². The fourth-order valence-electron chi connectivity index (χ4n) is 2.51. The van der Waals surface area contributed by atoms with Gasteiger partial charge in [0.15, 0.2) is 5.78 Å². The van der Waals surface area contributed by atoms with E-state index in [1.165, 1.54) is 13.0 Å². The van der Waals surface area contributed by atoms with Crippen LogP contribution in [0.3, 0.4) is 0 Å². The molecular formula is C18H16ClN3O2. The molecule has 122 valence electrons. The van der Waals surface area contributed by atoms with E-state index in [1.807, 2.05) is 24.3 Å². The first kappa shape index (κ1) is 16.4. The van der Waals surface area contributed by atoms with Gasteiger partial charge in [0.25, 0.3) is 0 Å². The van der Waals surface area contributed by atoms with Crippen LogP contribution in [0.15, 0.2) is 42.7 Å². The Hall–Kier alpha value is -2.50. The number of rotatable bonds is 5. The Bertz CT molecular complexity index is 931. The van der Waals surface area contributed by atoms with E-state index in [2.05, 4.69) is 10.1 Å². The van der Waals surface area contributed by atoms with Crippen molar-refractivity contribution >= 4 is 34.4 Å². The molecule has 24 heavy (non-hydrogen) atoms. The van der Waals surface area contributed by atoms with Crippen molar-refractivity contribution in [1.29, 1.82) is 0 Å². The number of hydrogen-bond donors (Lipinski definition) is 0. The van der Waals surface area contributed by atoms with Crippen LogP contribution in [0.1, 0.15) is 18.2 Å². The lowest BCUT2D eigenvalue weighted by molar-refractivity contribution is -0.112. The molecule has 0 atom stereocenters. The first-order valence-electron chi connectivity index (χ1n) is 7.39. The molecule has 2 aromatic heterocycles. The Morgan fingerprint density at radius 3 is 2.96 bits per heavy atom. The molecule has 2 heterocycles. The van der Waals surface area contributed by atoms with Crippen molar-refractivity contribution in [3.05, 3.63) is 59.0 Å². The molecule has 1 aromatic carbocycles. The van der Waals surface area contributed by atoms with Crippen molar-refractivity contribution < 1.29 is 9.53 Å². The number of carbonyl (C=O) groups excluding carboxylic acids is 1. The number of hydrogen-bond acceptors (Lipinski definition) is 4. The van der Waals surface area contributed by atoms with E-state index in [0.717, 1.165) is 27.8 Å². The lowest BCUT2D eigenvalue weighted by Gasteiger charge is -2.11. The summed E-state index contributed by atoms with van der Waals surface area (Å²) in [5, 5.41) is 6.04. The highest BCUT2D eigenvalue weighted by Gasteiger charge is 2.13. The molecule has 5 nitrogen and oxygen atoms in total. The van der Waals surface area contributed by atoms with Crippen LogP contribution in [0, 0.1) is 0 Å². The SMILES string of the molecule is COCc1c(/C=C/C(C)=O)cnn1-c1ccnc2cc(Cl)ccc12. The van der Waals surface area contributed by atoms with E-state index < -0.39 is 0 Å². The highest BCUT2D eigenvalue weighted by atomic mass is 35.5. The summed E-state index contributed by atoms with van der Waals surface area (Å²) in [5.41, 5.74) is 3.37. The quantitative estimate of drug-likeness (QED) is 0.662. The first-order chi connectivity index (χ1) is 11.6. The number of halogens is 1. The lowest BCUT2D eigenvalue weighted by Crippen LogP contribution is -2.05. The number of pyridine rings is 1. The average Bonchev–Trinajstić information content (AvgIpc) is 2.95. The van der Waals surface area contributed by atoms with Crippen LogP contribution in [0.5, 0.6) is 0 Å². The Kier molecular flexibility index (Phi) is 4.74. The molecule has 0 radical (unpaired) electrons. The van der Waals surface area contributed by atoms with E-state index >= 15 is 0 Å². The zero-order valence-corrected chi connectivity index (χ0v) is 14.1. The molecule has 0 aliphatic rings. The van der Waals surface area contributed by atoms with E-state index in [1.54, 1.807) is 30.3 Å². The standard InChI is InChI=1S/C18H16ClN3O2/c1-12(23)3-4-13-10-21-22(18(13)11-24-2)17-7-8-20-16-9-14(19)5-6-15(16)17/h3-10H,11H2,1-2H3/b4-3+. The topological polar surface area (TPSA) is 57.0 Å². The minimum absolute atomic E-state index is 0.0184. The van der Waals surface area contributed by atoms with Gasteiger partial charge in [0, 0.05) is 29.3 Å². The molecular weight excluding hydrogens is 326 g/mol. The summed E-state index contributed by atoms with van der Waals surface area (Å²) in [6.07, 6.45) is 6.71. The van der Waals surface area contributed by atoms with Crippen LogP contribution >= 0.6 is 11.6 Å². The second kappa shape index (κ2) is 6.95. The summed E-state index contributed by atoms with van der Waals surface area (Å²) in [5.74, 6) is -0.0184. The maximum absolute atomic E-state index is 11.2. The number of ketones is 1. The molecule has 3 rings (SSSR count). The van der Waals surface area contributed by atoms with Crippen molar-refractivity contribution in [3.8, 4) is 5.69 Å². The maximum Gasteiger partial charge on any atom is 0.152 e. The van der Waals surface area contributed by atoms with Crippen LogP contribution in [0.2, 0.25) is 5.02 Å². The Morgan fingerprint density at radius 1 is 1.38 bits per heavy atom. The van der Waals surface area contributed by atoms with E-state index in [9.17, 15) is 4.79 Å². The van der Waals surface area contributed by atoms with Crippen LogP contribution < -0.4 is 0 Å². The lowest BCUT2D eigenvalue weighted by atomic mass is 10.1. The predicted molar refractivity (Wildman–Crippen MR) is 94.3 cm³/mol. The van der Waals surface area contributed by atoms with Gasteiger partial charge in [-0.25, -0.2) is 4.68 Å². The molecule has 6 heteroatoms. The third-order valence-corrected chi connectivity index (χ3v) is 3.82. The van der Waals surface area contributed by atoms with Gasteiger partial charge in [0.05, 0.1) is 29.7 Å². The van der Waals surface area contributed by atoms with Gasteiger partial charge in [-0.05, 0) is 43.3 Å². The molecule has 0 N–H and O–H groups in total. The summed E-state index contributed by atoms with van der Waals surface area (Å²) in [7, 11) is 1.63. The van der Waals surface area contributed by atoms with Crippen molar-refractivity contribution in [2.45, 2.75) is 13.5 Å². The van der Waals surface area contributed by atoms with Gasteiger partial charge in [-0.2, -0.15) is 5.10 Å². The maximum atomic E-state index is 11.2. The molecule has 0 amide bonds. The number of methoxy groups -OCH3 is 1. The van der Waals surface area contributed by atoms with Gasteiger partial charge in [-0.15, -0.1) is 0 Å². The molecule has 0 saturated heterocycles. The molecule has 0 aliphatic carbocycles. The zero-order chi connectivity index (χ0) is 17.1. The Labute approximate surface area is 144 Å². The fraction of sp³-hybridized carbons (Fsp3) is 0.167. The van der Waals surface area contributed by atoms with Gasteiger partial charge in [-0.1, -0.05) is 11.6 Å². The highest BCUT2D eigenvalue weighted by Crippen LogP contribution is 2.25. The summed E-state index contributed by atoms with van der Waals surface area (Å²) in [6, 6.07) is 7.45. The third-order valence-electron chi connectivity index (χ3n) is 3.59. The van der Waals surface area contributed by atoms with Crippen LogP contribution in [0.4, 0.5) is 0 Å². The largest absolute Gasteiger partial charge is 0.378 e. The molecule has 0 fully saturated rings. The van der Waals surface area contributed by atoms with Crippen molar-refractivity contribution in [2.75, 3.05) is 7.11 Å². The number of ether oxygens (including phenoxy) is 1. The van der Waals surface area contributed by atoms with E-state index in [0.29, 0.717) is 11.6 Å². The normalized spacial score (nSPS) is 11.5. The molecule has 0 spiro atoms. The third kappa shape index (κ3) is 3.22. The van der Waals surface area contributed by atoms with Gasteiger partial charge in [0.2, 0.25) is 0 Å². The zero-order valence-electron chi connectivity index (χ0n) is 13.4. The summed E-state index contributed by atoms with van der Waals surface area (Å²) >= 11 is 6.05. The number of fused-ring (bicyclic) bond motifs is 1. The molecule has 0 saturated carbocycles. The van der Waals surface area contributed by atoms with Crippen LogP contribution in [0.25, 0.3) is 22.7 Å². The molecule has 0 aliphatic heterocycles. The van der Waals surface area contributed by atoms with Crippen molar-refractivity contribution in [1.82, 2.24) is 14.8 Å². The second-order valence-electron chi connectivity index (χ2n) is 5.33. The van der Waals surface area contributed by atoms with Gasteiger partial charge < -0.3 is 4.74 Å². The fourth-order valence-corrected chi connectivity index (χ4v) is 2.68.